The summed E-state index contributed by atoms with van der Waals surface area (Å²) in [6, 6.07) is 86.5. The molecule has 11 aromatic carbocycles. The summed E-state index contributed by atoms with van der Waals surface area (Å²) in [6.07, 6.45) is 0. The van der Waals surface area contributed by atoms with E-state index in [1.165, 1.54) is 82.1 Å². The predicted molar refractivity (Wildman–Crippen MR) is 308 cm³/mol. The van der Waals surface area contributed by atoms with Crippen molar-refractivity contribution >= 4 is 87.0 Å². The number of para-hydroxylation sites is 3. The van der Waals surface area contributed by atoms with Gasteiger partial charge in [0.1, 0.15) is 0 Å². The fourth-order valence-corrected chi connectivity index (χ4v) is 12.8. The molecule has 0 bridgehead atoms. The average molecular weight is 944 g/mol. The van der Waals surface area contributed by atoms with Crippen LogP contribution in [-0.2, 0) is 5.41 Å². The molecule has 1 aliphatic carbocycles. The van der Waals surface area contributed by atoms with E-state index in [-0.39, 0.29) is 5.41 Å². The topological polar surface area (TPSA) is 40.6 Å². The normalized spacial score (nSPS) is 13.1. The Morgan fingerprint density at radius 1 is 0.324 bits per heavy atom. The lowest BCUT2D eigenvalue weighted by Crippen LogP contribution is -2.14. The van der Waals surface area contributed by atoms with Crippen molar-refractivity contribution in [2.45, 2.75) is 19.3 Å². The third-order valence-electron chi connectivity index (χ3n) is 16.2. The minimum atomic E-state index is -0.0653. The van der Waals surface area contributed by atoms with Crippen LogP contribution in [0.15, 0.2) is 237 Å². The molecule has 5 heteroatoms. The quantitative estimate of drug-likeness (QED) is 0.172. The molecule has 5 nitrogen and oxygen atoms in total. The van der Waals surface area contributed by atoms with Crippen LogP contribution in [-0.4, -0.2) is 23.7 Å². The second-order valence-corrected chi connectivity index (χ2v) is 20.5. The van der Waals surface area contributed by atoms with Crippen LogP contribution < -0.4 is 0 Å². The van der Waals surface area contributed by atoms with Crippen molar-refractivity contribution in [2.24, 2.45) is 0 Å². The van der Waals surface area contributed by atoms with E-state index in [1.54, 1.807) is 0 Å². The minimum absolute atomic E-state index is 0.0653. The summed E-state index contributed by atoms with van der Waals surface area (Å²) in [7, 11) is 0. The van der Waals surface area contributed by atoms with Crippen LogP contribution in [0.5, 0.6) is 0 Å². The third-order valence-corrected chi connectivity index (χ3v) is 16.2. The van der Waals surface area contributed by atoms with Gasteiger partial charge in [0.2, 0.25) is 5.95 Å². The van der Waals surface area contributed by atoms with Gasteiger partial charge >= 0.3 is 0 Å². The number of hydrogen-bond acceptors (Lipinski definition) is 2. The molecule has 15 aromatic rings. The van der Waals surface area contributed by atoms with Crippen molar-refractivity contribution in [2.75, 3.05) is 0 Å². The van der Waals surface area contributed by atoms with E-state index in [4.69, 9.17) is 9.97 Å². The van der Waals surface area contributed by atoms with E-state index in [9.17, 15) is 0 Å². The van der Waals surface area contributed by atoms with Gasteiger partial charge in [-0.3, -0.25) is 4.57 Å². The van der Waals surface area contributed by atoms with E-state index < -0.39 is 0 Å². The SMILES string of the molecule is CC1(C)c2ccccc2-c2cc(-n3c4ccccc4c4c5c6ccccc6n(-c6cccc7c6c6ccccc6n7-c6nc(-c7ccc8ccccc8c7)cc(-c7ccc8ccccc8c7)n6)c5ccc43)ccc21. The van der Waals surface area contributed by atoms with Crippen molar-refractivity contribution in [1.82, 2.24) is 23.7 Å². The first kappa shape index (κ1) is 41.1. The first-order valence-corrected chi connectivity index (χ1v) is 25.6. The summed E-state index contributed by atoms with van der Waals surface area (Å²) in [4.78, 5) is 11.0. The molecular formula is C69H45N5. The van der Waals surface area contributed by atoms with Crippen LogP contribution in [0.1, 0.15) is 25.0 Å². The maximum atomic E-state index is 5.50. The number of aromatic nitrogens is 5. The number of fused-ring (bicyclic) bond motifs is 15. The zero-order valence-corrected chi connectivity index (χ0v) is 40.8. The highest BCUT2D eigenvalue weighted by Gasteiger charge is 2.35. The second kappa shape index (κ2) is 15.2. The highest BCUT2D eigenvalue weighted by atomic mass is 15.2. The molecule has 4 heterocycles. The first-order valence-electron chi connectivity index (χ1n) is 25.6. The maximum Gasteiger partial charge on any atom is 0.235 e. The summed E-state index contributed by atoms with van der Waals surface area (Å²) in [6.45, 7) is 4.70. The number of hydrogen-bond donors (Lipinski definition) is 0. The van der Waals surface area contributed by atoms with Gasteiger partial charge in [0.25, 0.3) is 0 Å². The van der Waals surface area contributed by atoms with Crippen molar-refractivity contribution in [3.05, 3.63) is 248 Å². The molecule has 0 N–H and O–H groups in total. The summed E-state index contributed by atoms with van der Waals surface area (Å²) in [5.74, 6) is 0.623. The monoisotopic (exact) mass is 943 g/mol. The Morgan fingerprint density at radius 2 is 0.811 bits per heavy atom. The van der Waals surface area contributed by atoms with Crippen LogP contribution in [0.4, 0.5) is 0 Å². The van der Waals surface area contributed by atoms with Gasteiger partial charge in [0.05, 0.1) is 50.2 Å². The maximum absolute atomic E-state index is 5.50. The second-order valence-electron chi connectivity index (χ2n) is 20.5. The fourth-order valence-electron chi connectivity index (χ4n) is 12.8. The van der Waals surface area contributed by atoms with Gasteiger partial charge in [0.15, 0.2) is 0 Å². The van der Waals surface area contributed by atoms with E-state index in [1.807, 2.05) is 0 Å². The predicted octanol–water partition coefficient (Wildman–Crippen LogP) is 17.7. The largest absolute Gasteiger partial charge is 0.309 e. The zero-order chi connectivity index (χ0) is 48.8. The fraction of sp³-hybridized carbons (Fsp3) is 0.0435. The number of rotatable bonds is 5. The smallest absolute Gasteiger partial charge is 0.235 e. The molecule has 0 amide bonds. The Bertz CT molecular complexity index is 4790. The summed E-state index contributed by atoms with van der Waals surface area (Å²) in [5, 5.41) is 12.0. The number of nitrogens with zero attached hydrogens (tertiary/aromatic N) is 5. The molecule has 0 unspecified atom stereocenters. The summed E-state index contributed by atoms with van der Waals surface area (Å²) in [5.41, 5.74) is 18.2. The molecule has 0 saturated carbocycles. The van der Waals surface area contributed by atoms with Crippen LogP contribution >= 0.6 is 0 Å². The Balaban J connectivity index is 0.943. The Labute approximate surface area is 426 Å². The molecule has 1 aliphatic rings. The molecule has 0 spiro atoms. The van der Waals surface area contributed by atoms with Crippen molar-refractivity contribution in [3.63, 3.8) is 0 Å². The van der Waals surface area contributed by atoms with Crippen LogP contribution in [0.25, 0.3) is 138 Å². The Kier molecular flexibility index (Phi) is 8.45. The van der Waals surface area contributed by atoms with Crippen molar-refractivity contribution < 1.29 is 0 Å². The van der Waals surface area contributed by atoms with Gasteiger partial charge in [-0.2, -0.15) is 0 Å². The van der Waals surface area contributed by atoms with Gasteiger partial charge in [0, 0.05) is 54.5 Å². The van der Waals surface area contributed by atoms with Crippen LogP contribution in [0.2, 0.25) is 0 Å². The van der Waals surface area contributed by atoms with Crippen LogP contribution in [0.3, 0.4) is 0 Å². The highest BCUT2D eigenvalue weighted by Crippen LogP contribution is 2.50. The molecule has 0 fully saturated rings. The van der Waals surface area contributed by atoms with Crippen LogP contribution in [0, 0.1) is 0 Å². The molecule has 346 valence electrons. The van der Waals surface area contributed by atoms with E-state index in [0.29, 0.717) is 5.95 Å². The molecule has 0 radical (unpaired) electrons. The molecular weight excluding hydrogens is 899 g/mol. The van der Waals surface area contributed by atoms with Gasteiger partial charge in [-0.15, -0.1) is 0 Å². The molecule has 0 aliphatic heterocycles. The molecule has 16 rings (SSSR count). The average Bonchev–Trinajstić information content (AvgIpc) is 4.19. The lowest BCUT2D eigenvalue weighted by molar-refractivity contribution is 0.660. The zero-order valence-electron chi connectivity index (χ0n) is 40.8. The first-order chi connectivity index (χ1) is 36.5. The molecule has 4 aromatic heterocycles. The number of benzene rings is 11. The summed E-state index contributed by atoms with van der Waals surface area (Å²) < 4.78 is 7.26. The van der Waals surface area contributed by atoms with Gasteiger partial charge in [-0.25, -0.2) is 9.97 Å². The van der Waals surface area contributed by atoms with E-state index in [0.717, 1.165) is 61.0 Å². The minimum Gasteiger partial charge on any atom is -0.309 e. The van der Waals surface area contributed by atoms with Gasteiger partial charge < -0.3 is 9.13 Å². The molecule has 0 atom stereocenters. The van der Waals surface area contributed by atoms with E-state index in [2.05, 4.69) is 264 Å². The van der Waals surface area contributed by atoms with Gasteiger partial charge in [-0.1, -0.05) is 178 Å². The summed E-state index contributed by atoms with van der Waals surface area (Å²) >= 11 is 0. The van der Waals surface area contributed by atoms with Gasteiger partial charge in [-0.05, 0) is 117 Å². The van der Waals surface area contributed by atoms with Crippen molar-refractivity contribution in [1.29, 1.82) is 0 Å². The van der Waals surface area contributed by atoms with E-state index >= 15 is 0 Å². The Hall–Kier alpha value is -9.58. The Morgan fingerprint density at radius 3 is 1.46 bits per heavy atom. The standard InChI is InChI=1S/C69H45N5/c1-69(2)54-24-11-7-20-49(54)53-40-48(34-35-55(53)69)72-58-25-12-9-22-51(58)66-63(72)36-37-64-67(66)52-23-10-13-26-59(52)73(64)61-28-15-29-62-65(61)50-21-8-14-27-60(50)74(62)68-70-56(46-32-30-42-16-3-5-18-44(42)38-46)41-57(71-68)47-33-31-43-17-4-6-19-45(43)39-47/h3-41H,1-2H3. The third kappa shape index (κ3) is 5.75. The molecule has 0 saturated heterocycles. The van der Waals surface area contributed by atoms with Crippen molar-refractivity contribution in [3.8, 4) is 51.0 Å². The lowest BCUT2D eigenvalue weighted by atomic mass is 9.82. The lowest BCUT2D eigenvalue weighted by Gasteiger charge is -2.21. The highest BCUT2D eigenvalue weighted by molar-refractivity contribution is 6.29. The molecule has 74 heavy (non-hydrogen) atoms.